The van der Waals surface area contributed by atoms with Crippen LogP contribution in [0, 0.1) is 6.92 Å². The smallest absolute Gasteiger partial charge is 0.233 e. The number of benzene rings is 1. The molecule has 1 aromatic carbocycles. The second-order valence-corrected chi connectivity index (χ2v) is 11.3. The molecule has 2 atom stereocenters. The zero-order chi connectivity index (χ0) is 23.5. The number of carbonyl (C=O) groups excluding carboxylic acids is 1. The van der Waals surface area contributed by atoms with Gasteiger partial charge in [0.15, 0.2) is 11.0 Å². The van der Waals surface area contributed by atoms with Crippen LogP contribution in [0.5, 0.6) is 0 Å². The Bertz CT molecular complexity index is 1030. The van der Waals surface area contributed by atoms with Crippen molar-refractivity contribution in [3.63, 3.8) is 0 Å². The summed E-state index contributed by atoms with van der Waals surface area (Å²) in [5.74, 6) is 0.952. The molecule has 10 heteroatoms. The first-order valence-corrected chi connectivity index (χ1v) is 13.9. The highest BCUT2D eigenvalue weighted by Crippen LogP contribution is 2.26. The van der Waals surface area contributed by atoms with Crippen molar-refractivity contribution in [2.24, 2.45) is 0 Å². The van der Waals surface area contributed by atoms with Gasteiger partial charge in [0.1, 0.15) is 0 Å². The lowest BCUT2D eigenvalue weighted by Crippen LogP contribution is -2.48. The normalized spacial score (nSPS) is 19.2. The minimum absolute atomic E-state index is 0.0808. The van der Waals surface area contributed by atoms with Gasteiger partial charge in [-0.3, -0.25) is 9.10 Å². The van der Waals surface area contributed by atoms with E-state index in [9.17, 15) is 13.2 Å². The number of sulfonamides is 1. The van der Waals surface area contributed by atoms with Gasteiger partial charge in [0.05, 0.1) is 24.2 Å². The van der Waals surface area contributed by atoms with Gasteiger partial charge in [-0.2, -0.15) is 0 Å². The van der Waals surface area contributed by atoms with Crippen LogP contribution in [0.15, 0.2) is 29.4 Å². The van der Waals surface area contributed by atoms with Crippen molar-refractivity contribution >= 4 is 33.4 Å². The van der Waals surface area contributed by atoms with Crippen LogP contribution in [-0.4, -0.2) is 58.1 Å². The maximum absolute atomic E-state index is 12.9. The predicted octanol–water partition coefficient (Wildman–Crippen LogP) is 3.45. The number of carbonyl (C=O) groups is 1. The van der Waals surface area contributed by atoms with E-state index < -0.39 is 10.0 Å². The zero-order valence-electron chi connectivity index (χ0n) is 19.5. The van der Waals surface area contributed by atoms with Crippen LogP contribution >= 0.6 is 11.8 Å². The first kappa shape index (κ1) is 24.6. The van der Waals surface area contributed by atoms with E-state index in [-0.39, 0.29) is 24.5 Å². The highest BCUT2D eigenvalue weighted by Gasteiger charge is 2.29. The minimum atomic E-state index is -3.51. The van der Waals surface area contributed by atoms with Crippen molar-refractivity contribution in [3.05, 3.63) is 35.7 Å². The van der Waals surface area contributed by atoms with E-state index in [1.807, 2.05) is 35.4 Å². The highest BCUT2D eigenvalue weighted by atomic mass is 32.2. The molecule has 1 fully saturated rings. The molecule has 1 aliphatic rings. The summed E-state index contributed by atoms with van der Waals surface area (Å²) in [6, 6.07) is 7.85. The fourth-order valence-electron chi connectivity index (χ4n) is 4.21. The third kappa shape index (κ3) is 5.64. The molecule has 32 heavy (non-hydrogen) atoms. The number of rotatable bonds is 8. The summed E-state index contributed by atoms with van der Waals surface area (Å²) in [5, 5.41) is 9.16. The largest absolute Gasteiger partial charge is 0.337 e. The van der Waals surface area contributed by atoms with Gasteiger partial charge in [-0.1, -0.05) is 29.5 Å². The number of hydrogen-bond acceptors (Lipinski definition) is 6. The lowest BCUT2D eigenvalue weighted by atomic mass is 9.98. The molecule has 0 radical (unpaired) electrons. The third-order valence-corrected chi connectivity index (χ3v) is 8.02. The van der Waals surface area contributed by atoms with E-state index in [0.29, 0.717) is 29.0 Å². The molecule has 1 amide bonds. The summed E-state index contributed by atoms with van der Waals surface area (Å²) in [6.45, 7) is 8.80. The van der Waals surface area contributed by atoms with E-state index in [1.165, 1.54) is 22.3 Å². The molecule has 0 aliphatic carbocycles. The van der Waals surface area contributed by atoms with Crippen molar-refractivity contribution in [2.45, 2.75) is 77.3 Å². The van der Waals surface area contributed by atoms with Crippen LogP contribution in [0.4, 0.5) is 5.69 Å². The van der Waals surface area contributed by atoms with Gasteiger partial charge in [0.2, 0.25) is 15.9 Å². The van der Waals surface area contributed by atoms with Crippen LogP contribution < -0.4 is 4.31 Å². The maximum Gasteiger partial charge on any atom is 0.233 e. The number of thioether (sulfide) groups is 1. The molecule has 2 aromatic rings. The molecule has 3 rings (SSSR count). The molecule has 0 saturated carbocycles. The summed E-state index contributed by atoms with van der Waals surface area (Å²) >= 11 is 1.36. The number of aryl methyl sites for hydroxylation is 1. The zero-order valence-corrected chi connectivity index (χ0v) is 21.1. The molecular weight excluding hydrogens is 446 g/mol. The SMILES string of the molecule is CCn1c(CN(c2ccc(C)cc2)S(C)(=O)=O)nnc1SCC(=O)N1[C@H](C)CCC[C@H]1C. The molecule has 0 unspecified atom stereocenters. The van der Waals surface area contributed by atoms with Gasteiger partial charge in [0, 0.05) is 18.6 Å². The van der Waals surface area contributed by atoms with E-state index in [1.54, 1.807) is 12.1 Å². The second-order valence-electron chi connectivity index (χ2n) is 8.47. The highest BCUT2D eigenvalue weighted by molar-refractivity contribution is 7.99. The average Bonchev–Trinajstić information content (AvgIpc) is 3.12. The Hall–Kier alpha value is -2.07. The first-order chi connectivity index (χ1) is 15.1. The average molecular weight is 480 g/mol. The minimum Gasteiger partial charge on any atom is -0.337 e. The van der Waals surface area contributed by atoms with Crippen LogP contribution in [0.2, 0.25) is 0 Å². The van der Waals surface area contributed by atoms with Gasteiger partial charge < -0.3 is 9.47 Å². The first-order valence-electron chi connectivity index (χ1n) is 11.0. The Kier molecular flexibility index (Phi) is 7.87. The molecule has 1 aromatic heterocycles. The van der Waals surface area contributed by atoms with E-state index in [4.69, 9.17) is 0 Å². The topological polar surface area (TPSA) is 88.4 Å². The number of anilines is 1. The van der Waals surface area contributed by atoms with Gasteiger partial charge >= 0.3 is 0 Å². The number of hydrogen-bond donors (Lipinski definition) is 0. The molecule has 8 nitrogen and oxygen atoms in total. The van der Waals surface area contributed by atoms with Gasteiger partial charge in [-0.05, 0) is 59.1 Å². The summed E-state index contributed by atoms with van der Waals surface area (Å²) < 4.78 is 28.2. The standard InChI is InChI=1S/C22H33N5O3S2/c1-6-25-20(14-26(32(5,29)30)19-12-10-16(2)11-13-19)23-24-22(25)31-15-21(28)27-17(3)8-7-9-18(27)4/h10-13,17-18H,6-9,14-15H2,1-5H3/t17-,18-/m1/s1. The Morgan fingerprint density at radius 1 is 1.16 bits per heavy atom. The van der Waals surface area contributed by atoms with Crippen molar-refractivity contribution in [1.29, 1.82) is 0 Å². The Morgan fingerprint density at radius 3 is 2.34 bits per heavy atom. The summed E-state index contributed by atoms with van der Waals surface area (Å²) in [4.78, 5) is 14.9. The van der Waals surface area contributed by atoms with Crippen LogP contribution in [0.1, 0.15) is 51.4 Å². The summed E-state index contributed by atoms with van der Waals surface area (Å²) in [7, 11) is -3.51. The fourth-order valence-corrected chi connectivity index (χ4v) is 5.96. The quantitative estimate of drug-likeness (QED) is 0.539. The van der Waals surface area contributed by atoms with Crippen molar-refractivity contribution in [2.75, 3.05) is 16.3 Å². The third-order valence-electron chi connectivity index (χ3n) is 5.92. The number of piperidine rings is 1. The molecule has 0 bridgehead atoms. The van der Waals surface area contributed by atoms with Crippen molar-refractivity contribution in [3.8, 4) is 0 Å². The maximum atomic E-state index is 12.9. The Balaban J connectivity index is 1.76. The fraction of sp³-hybridized carbons (Fsp3) is 0.591. The molecule has 0 N–H and O–H groups in total. The van der Waals surface area contributed by atoms with Crippen molar-refractivity contribution < 1.29 is 13.2 Å². The number of amides is 1. The monoisotopic (exact) mass is 479 g/mol. The van der Waals surface area contributed by atoms with Gasteiger partial charge in [-0.15, -0.1) is 10.2 Å². The number of likely N-dealkylation sites (tertiary alicyclic amines) is 1. The number of aromatic nitrogens is 3. The lowest BCUT2D eigenvalue weighted by molar-refractivity contribution is -0.134. The van der Waals surface area contributed by atoms with E-state index >= 15 is 0 Å². The molecule has 2 heterocycles. The second kappa shape index (κ2) is 10.2. The summed E-state index contributed by atoms with van der Waals surface area (Å²) in [6.07, 6.45) is 4.42. The Labute approximate surface area is 195 Å². The number of nitrogens with zero attached hydrogens (tertiary/aromatic N) is 5. The van der Waals surface area contributed by atoms with Crippen LogP contribution in [0.3, 0.4) is 0 Å². The van der Waals surface area contributed by atoms with Gasteiger partial charge in [0.25, 0.3) is 0 Å². The lowest BCUT2D eigenvalue weighted by Gasteiger charge is -2.39. The van der Waals surface area contributed by atoms with Crippen LogP contribution in [0.25, 0.3) is 0 Å². The van der Waals surface area contributed by atoms with Crippen LogP contribution in [-0.2, 0) is 27.9 Å². The Morgan fingerprint density at radius 2 is 1.78 bits per heavy atom. The molecule has 176 valence electrons. The molecule has 0 spiro atoms. The molecular formula is C22H33N5O3S2. The van der Waals surface area contributed by atoms with E-state index in [2.05, 4.69) is 24.0 Å². The van der Waals surface area contributed by atoms with Gasteiger partial charge in [-0.25, -0.2) is 8.42 Å². The summed E-state index contributed by atoms with van der Waals surface area (Å²) in [5.41, 5.74) is 1.64. The predicted molar refractivity (Wildman–Crippen MR) is 128 cm³/mol. The molecule has 1 saturated heterocycles. The molecule has 1 aliphatic heterocycles. The van der Waals surface area contributed by atoms with E-state index in [0.717, 1.165) is 24.8 Å². The van der Waals surface area contributed by atoms with Crippen molar-refractivity contribution in [1.82, 2.24) is 19.7 Å².